The maximum atomic E-state index is 13.1. The number of ether oxygens (including phenoxy) is 1. The summed E-state index contributed by atoms with van der Waals surface area (Å²) in [6, 6.07) is 13.9. The second-order valence-corrected chi connectivity index (χ2v) is 8.22. The molecule has 0 N–H and O–H groups in total. The van der Waals surface area contributed by atoms with Gasteiger partial charge in [-0.05, 0) is 28.8 Å². The third-order valence-corrected chi connectivity index (χ3v) is 5.86. The van der Waals surface area contributed by atoms with Gasteiger partial charge in [-0.1, -0.05) is 42.5 Å². The van der Waals surface area contributed by atoms with E-state index in [-0.39, 0.29) is 11.6 Å². The monoisotopic (exact) mass is 499 g/mol. The van der Waals surface area contributed by atoms with Crippen molar-refractivity contribution in [2.45, 2.75) is 12.7 Å². The van der Waals surface area contributed by atoms with Crippen LogP contribution in [0.4, 0.5) is 13.2 Å². The Hall–Kier alpha value is -3.92. The normalized spacial score (nSPS) is 15.1. The zero-order valence-corrected chi connectivity index (χ0v) is 19.5. The van der Waals surface area contributed by atoms with Crippen molar-refractivity contribution in [3.63, 3.8) is 0 Å². The average Bonchev–Trinajstić information content (AvgIpc) is 3.35. The lowest BCUT2D eigenvalue weighted by atomic mass is 9.96. The van der Waals surface area contributed by atoms with E-state index in [9.17, 15) is 22.8 Å². The lowest BCUT2D eigenvalue weighted by Crippen LogP contribution is -2.47. The van der Waals surface area contributed by atoms with Gasteiger partial charge in [-0.15, -0.1) is 0 Å². The Morgan fingerprint density at radius 3 is 2.25 bits per heavy atom. The SMILES string of the molecule is COC(=O)c1coc(CN2CCN(C(=O)/C=C(\c3ccccc3)c3ccc(C(F)(F)F)cc3)CC2)n1. The summed E-state index contributed by atoms with van der Waals surface area (Å²) in [6.45, 7) is 2.42. The molecule has 4 rings (SSSR count). The summed E-state index contributed by atoms with van der Waals surface area (Å²) in [4.78, 5) is 32.5. The number of halogens is 3. The van der Waals surface area contributed by atoms with Crippen molar-refractivity contribution in [1.82, 2.24) is 14.8 Å². The van der Waals surface area contributed by atoms with Crippen molar-refractivity contribution in [3.8, 4) is 0 Å². The van der Waals surface area contributed by atoms with Crippen molar-refractivity contribution in [1.29, 1.82) is 0 Å². The largest absolute Gasteiger partial charge is 0.464 e. The molecule has 0 bridgehead atoms. The smallest absolute Gasteiger partial charge is 0.416 e. The second kappa shape index (κ2) is 10.8. The van der Waals surface area contributed by atoms with Gasteiger partial charge in [0.05, 0.1) is 19.2 Å². The van der Waals surface area contributed by atoms with Gasteiger partial charge < -0.3 is 14.1 Å². The summed E-state index contributed by atoms with van der Waals surface area (Å²) in [5, 5.41) is 0. The first-order valence-corrected chi connectivity index (χ1v) is 11.2. The molecule has 7 nitrogen and oxygen atoms in total. The number of aromatic nitrogens is 1. The molecular weight excluding hydrogens is 475 g/mol. The maximum absolute atomic E-state index is 13.1. The van der Waals surface area contributed by atoms with Gasteiger partial charge in [0, 0.05) is 32.3 Å². The first-order valence-electron chi connectivity index (χ1n) is 11.2. The van der Waals surface area contributed by atoms with Crippen LogP contribution in [0.1, 0.15) is 33.1 Å². The van der Waals surface area contributed by atoms with Crippen LogP contribution in [0.3, 0.4) is 0 Å². The highest BCUT2D eigenvalue weighted by atomic mass is 19.4. The van der Waals surface area contributed by atoms with Crippen LogP contribution in [0.2, 0.25) is 0 Å². The molecule has 0 saturated carbocycles. The van der Waals surface area contributed by atoms with Crippen LogP contribution in [-0.4, -0.2) is 59.9 Å². The van der Waals surface area contributed by atoms with E-state index in [0.29, 0.717) is 49.8 Å². The van der Waals surface area contributed by atoms with E-state index in [1.165, 1.54) is 31.6 Å². The Labute approximate surface area is 205 Å². The van der Waals surface area contributed by atoms with Crippen LogP contribution in [0.25, 0.3) is 5.57 Å². The summed E-state index contributed by atoms with van der Waals surface area (Å²) >= 11 is 0. The predicted molar refractivity (Wildman–Crippen MR) is 125 cm³/mol. The summed E-state index contributed by atoms with van der Waals surface area (Å²) in [5.74, 6) is -0.421. The molecule has 1 aromatic heterocycles. The average molecular weight is 499 g/mol. The van der Waals surface area contributed by atoms with E-state index in [4.69, 9.17) is 4.42 Å². The summed E-state index contributed by atoms with van der Waals surface area (Å²) < 4.78 is 49.0. The summed E-state index contributed by atoms with van der Waals surface area (Å²) in [5.41, 5.74) is 1.15. The van der Waals surface area contributed by atoms with Gasteiger partial charge >= 0.3 is 12.1 Å². The zero-order valence-electron chi connectivity index (χ0n) is 19.5. The Morgan fingerprint density at radius 2 is 1.64 bits per heavy atom. The van der Waals surface area contributed by atoms with Crippen molar-refractivity contribution in [3.05, 3.63) is 95.2 Å². The molecule has 2 aromatic carbocycles. The van der Waals surface area contributed by atoms with Crippen molar-refractivity contribution in [2.24, 2.45) is 0 Å². The van der Waals surface area contributed by atoms with Crippen molar-refractivity contribution in [2.75, 3.05) is 33.3 Å². The lowest BCUT2D eigenvalue weighted by molar-refractivity contribution is -0.137. The van der Waals surface area contributed by atoms with Crippen LogP contribution >= 0.6 is 0 Å². The highest BCUT2D eigenvalue weighted by molar-refractivity contribution is 5.99. The third-order valence-electron chi connectivity index (χ3n) is 5.86. The first kappa shape index (κ1) is 25.2. The molecule has 1 aliphatic rings. The van der Waals surface area contributed by atoms with Crippen LogP contribution in [0, 0.1) is 0 Å². The fourth-order valence-electron chi connectivity index (χ4n) is 3.90. The number of benzene rings is 2. The Balaban J connectivity index is 1.45. The number of nitrogens with zero attached hydrogens (tertiary/aromatic N) is 3. The fraction of sp³-hybridized carbons (Fsp3) is 0.269. The molecule has 1 amide bonds. The summed E-state index contributed by atoms with van der Waals surface area (Å²) in [7, 11) is 1.27. The number of esters is 1. The minimum absolute atomic E-state index is 0.100. The zero-order chi connectivity index (χ0) is 25.7. The van der Waals surface area contributed by atoms with Gasteiger partial charge in [0.15, 0.2) is 5.69 Å². The molecule has 1 aliphatic heterocycles. The number of alkyl halides is 3. The molecule has 0 spiro atoms. The molecule has 1 fully saturated rings. The van der Waals surface area contributed by atoms with Crippen LogP contribution in [-0.2, 0) is 22.3 Å². The number of hydrogen-bond donors (Lipinski definition) is 0. The number of carbonyl (C=O) groups excluding carboxylic acids is 2. The molecule has 0 radical (unpaired) electrons. The molecule has 3 aromatic rings. The van der Waals surface area contributed by atoms with Gasteiger partial charge in [0.1, 0.15) is 6.26 Å². The predicted octanol–water partition coefficient (Wildman–Crippen LogP) is 4.26. The number of hydrogen-bond acceptors (Lipinski definition) is 6. The van der Waals surface area contributed by atoms with Gasteiger partial charge in [-0.2, -0.15) is 13.2 Å². The topological polar surface area (TPSA) is 75.9 Å². The van der Waals surface area contributed by atoms with Crippen LogP contribution in [0.15, 0.2) is 71.4 Å². The Kier molecular flexibility index (Phi) is 7.54. The highest BCUT2D eigenvalue weighted by Gasteiger charge is 2.30. The number of carbonyl (C=O) groups is 2. The molecule has 0 atom stereocenters. The second-order valence-electron chi connectivity index (χ2n) is 8.22. The molecule has 1 saturated heterocycles. The number of rotatable bonds is 6. The molecular formula is C26H24F3N3O4. The van der Waals surface area contributed by atoms with E-state index >= 15 is 0 Å². The van der Waals surface area contributed by atoms with E-state index in [2.05, 4.69) is 9.72 Å². The fourth-order valence-corrected chi connectivity index (χ4v) is 3.90. The van der Waals surface area contributed by atoms with E-state index in [0.717, 1.165) is 17.7 Å². The van der Waals surface area contributed by atoms with E-state index < -0.39 is 17.7 Å². The standard InChI is InChI=1S/C26H24F3N3O4/c1-35-25(34)22-17-36-23(30-22)16-31-11-13-32(14-12-31)24(33)15-21(18-5-3-2-4-6-18)19-7-9-20(10-8-19)26(27,28)29/h2-10,15,17H,11-14,16H2,1H3/b21-15+. The van der Waals surface area contributed by atoms with Crippen LogP contribution < -0.4 is 0 Å². The summed E-state index contributed by atoms with van der Waals surface area (Å²) in [6.07, 6.45) is -1.71. The van der Waals surface area contributed by atoms with Gasteiger partial charge in [-0.25, -0.2) is 9.78 Å². The van der Waals surface area contributed by atoms with Crippen molar-refractivity contribution >= 4 is 17.4 Å². The van der Waals surface area contributed by atoms with Crippen molar-refractivity contribution < 1.29 is 31.9 Å². The number of methoxy groups -OCH3 is 1. The Bertz CT molecular complexity index is 1230. The van der Waals surface area contributed by atoms with Crippen LogP contribution in [0.5, 0.6) is 0 Å². The minimum atomic E-state index is -4.43. The molecule has 10 heteroatoms. The van der Waals surface area contributed by atoms with E-state index in [1.807, 2.05) is 35.2 Å². The highest BCUT2D eigenvalue weighted by Crippen LogP contribution is 2.31. The lowest BCUT2D eigenvalue weighted by Gasteiger charge is -2.33. The van der Waals surface area contributed by atoms with Gasteiger partial charge in [-0.3, -0.25) is 9.69 Å². The Morgan fingerprint density at radius 1 is 1.00 bits per heavy atom. The number of piperazine rings is 1. The number of oxazole rings is 1. The molecule has 36 heavy (non-hydrogen) atoms. The van der Waals surface area contributed by atoms with Gasteiger partial charge in [0.25, 0.3) is 0 Å². The molecule has 188 valence electrons. The minimum Gasteiger partial charge on any atom is -0.464 e. The van der Waals surface area contributed by atoms with Gasteiger partial charge in [0.2, 0.25) is 11.8 Å². The molecule has 0 aliphatic carbocycles. The molecule has 0 unspecified atom stereocenters. The maximum Gasteiger partial charge on any atom is 0.416 e. The molecule has 2 heterocycles. The number of amides is 1. The quantitative estimate of drug-likeness (QED) is 0.373. The first-order chi connectivity index (χ1) is 17.2. The van der Waals surface area contributed by atoms with E-state index in [1.54, 1.807) is 4.90 Å². The third kappa shape index (κ3) is 6.01.